The van der Waals surface area contributed by atoms with Crippen LogP contribution in [0.25, 0.3) is 10.9 Å². The van der Waals surface area contributed by atoms with Crippen molar-refractivity contribution in [1.29, 1.82) is 0 Å². The van der Waals surface area contributed by atoms with Gasteiger partial charge in [-0.15, -0.1) is 0 Å². The third kappa shape index (κ3) is 4.33. The van der Waals surface area contributed by atoms with Gasteiger partial charge in [0.25, 0.3) is 0 Å². The molecule has 0 bridgehead atoms. The normalized spacial score (nSPS) is 14.0. The highest BCUT2D eigenvalue weighted by atomic mass is 16.5. The predicted molar refractivity (Wildman–Crippen MR) is 122 cm³/mol. The molecular weight excluding hydrogens is 406 g/mol. The summed E-state index contributed by atoms with van der Waals surface area (Å²) in [5.41, 5.74) is 5.20. The number of morpholine rings is 1. The van der Waals surface area contributed by atoms with Crippen LogP contribution < -0.4 is 15.0 Å². The van der Waals surface area contributed by atoms with Crippen LogP contribution in [0.2, 0.25) is 0 Å². The van der Waals surface area contributed by atoms with E-state index >= 15 is 0 Å². The lowest BCUT2D eigenvalue weighted by Crippen LogP contribution is -2.37. The summed E-state index contributed by atoms with van der Waals surface area (Å²) >= 11 is 0. The van der Waals surface area contributed by atoms with Crippen molar-refractivity contribution in [2.45, 2.75) is 20.5 Å². The SMILES string of the molecule is Cc1[nH]c2ccc(Nc3nc(OCc4ccccn4)nc(N4CCOCC4)n3)cc2c1C. The number of pyridine rings is 1. The van der Waals surface area contributed by atoms with E-state index in [2.05, 4.69) is 61.1 Å². The number of ether oxygens (including phenoxy) is 2. The van der Waals surface area contributed by atoms with Crippen molar-refractivity contribution in [3.05, 3.63) is 59.5 Å². The van der Waals surface area contributed by atoms with E-state index in [0.29, 0.717) is 25.1 Å². The number of hydrogen-bond donors (Lipinski definition) is 2. The zero-order chi connectivity index (χ0) is 21.9. The van der Waals surface area contributed by atoms with Crippen molar-refractivity contribution in [3.63, 3.8) is 0 Å². The number of aryl methyl sites for hydroxylation is 2. The zero-order valence-electron chi connectivity index (χ0n) is 18.1. The fourth-order valence-electron chi connectivity index (χ4n) is 3.66. The van der Waals surface area contributed by atoms with Gasteiger partial charge < -0.3 is 24.7 Å². The average Bonchev–Trinajstić information content (AvgIpc) is 3.12. The summed E-state index contributed by atoms with van der Waals surface area (Å²) in [5, 5.41) is 4.49. The van der Waals surface area contributed by atoms with Gasteiger partial charge in [-0.05, 0) is 49.7 Å². The molecule has 0 saturated carbocycles. The molecule has 1 saturated heterocycles. The lowest BCUT2D eigenvalue weighted by atomic mass is 10.1. The number of nitrogens with one attached hydrogen (secondary N) is 2. The molecule has 1 aromatic carbocycles. The van der Waals surface area contributed by atoms with Gasteiger partial charge >= 0.3 is 6.01 Å². The van der Waals surface area contributed by atoms with Crippen LogP contribution in [-0.4, -0.2) is 51.2 Å². The molecule has 1 aliphatic rings. The van der Waals surface area contributed by atoms with E-state index in [0.717, 1.165) is 35.7 Å². The minimum absolute atomic E-state index is 0.254. The molecule has 4 heterocycles. The Balaban J connectivity index is 1.43. The molecule has 0 aliphatic carbocycles. The largest absolute Gasteiger partial charge is 0.457 e. The molecule has 2 N–H and O–H groups in total. The van der Waals surface area contributed by atoms with E-state index in [-0.39, 0.29) is 12.6 Å². The molecule has 1 aliphatic heterocycles. The molecule has 9 heteroatoms. The van der Waals surface area contributed by atoms with Gasteiger partial charge in [-0.1, -0.05) is 6.07 Å². The second-order valence-corrected chi connectivity index (χ2v) is 7.71. The monoisotopic (exact) mass is 431 g/mol. The van der Waals surface area contributed by atoms with Crippen molar-refractivity contribution in [3.8, 4) is 6.01 Å². The van der Waals surface area contributed by atoms with Crippen LogP contribution in [0.15, 0.2) is 42.6 Å². The maximum absolute atomic E-state index is 5.87. The van der Waals surface area contributed by atoms with Crippen LogP contribution in [0.4, 0.5) is 17.6 Å². The van der Waals surface area contributed by atoms with Crippen molar-refractivity contribution >= 4 is 28.5 Å². The van der Waals surface area contributed by atoms with E-state index in [1.165, 1.54) is 10.9 Å². The van der Waals surface area contributed by atoms with Crippen LogP contribution in [0.3, 0.4) is 0 Å². The summed E-state index contributed by atoms with van der Waals surface area (Å²) in [5.74, 6) is 0.998. The Hall–Kier alpha value is -3.72. The zero-order valence-corrected chi connectivity index (χ0v) is 18.1. The van der Waals surface area contributed by atoms with Gasteiger partial charge in [0.05, 0.1) is 18.9 Å². The predicted octanol–water partition coefficient (Wildman–Crippen LogP) is 3.52. The van der Waals surface area contributed by atoms with E-state index in [1.807, 2.05) is 24.3 Å². The molecule has 3 aromatic heterocycles. The summed E-state index contributed by atoms with van der Waals surface area (Å²) in [7, 11) is 0. The van der Waals surface area contributed by atoms with Crippen LogP contribution in [0.5, 0.6) is 6.01 Å². The van der Waals surface area contributed by atoms with Crippen molar-refractivity contribution in [2.75, 3.05) is 36.5 Å². The fraction of sp³-hybridized carbons (Fsp3) is 0.304. The first kappa shape index (κ1) is 20.2. The minimum Gasteiger partial charge on any atom is -0.457 e. The average molecular weight is 432 g/mol. The maximum Gasteiger partial charge on any atom is 0.323 e. The Labute approximate surface area is 185 Å². The van der Waals surface area contributed by atoms with Crippen LogP contribution in [-0.2, 0) is 11.3 Å². The third-order valence-corrected chi connectivity index (χ3v) is 5.54. The number of rotatable bonds is 6. The van der Waals surface area contributed by atoms with Crippen molar-refractivity contribution < 1.29 is 9.47 Å². The van der Waals surface area contributed by atoms with Gasteiger partial charge in [-0.3, -0.25) is 4.98 Å². The molecule has 164 valence electrons. The summed E-state index contributed by atoms with van der Waals surface area (Å²) in [6.45, 7) is 7.19. The highest BCUT2D eigenvalue weighted by Gasteiger charge is 2.18. The Bertz CT molecular complexity index is 1220. The van der Waals surface area contributed by atoms with E-state index in [9.17, 15) is 0 Å². The number of nitrogens with zero attached hydrogens (tertiary/aromatic N) is 5. The highest BCUT2D eigenvalue weighted by molar-refractivity contribution is 5.88. The van der Waals surface area contributed by atoms with Gasteiger partial charge in [0.15, 0.2) is 0 Å². The molecule has 9 nitrogen and oxygen atoms in total. The smallest absolute Gasteiger partial charge is 0.323 e. The molecule has 0 unspecified atom stereocenters. The standard InChI is InChI=1S/C23H25N7O2/c1-15-16(2)25-20-7-6-17(13-19(15)20)26-21-27-22(30-9-11-31-12-10-30)29-23(28-21)32-14-18-5-3-4-8-24-18/h3-8,13,25H,9-12,14H2,1-2H3,(H,26,27,28,29). The maximum atomic E-state index is 5.87. The number of hydrogen-bond acceptors (Lipinski definition) is 8. The first-order valence-corrected chi connectivity index (χ1v) is 10.6. The molecule has 1 fully saturated rings. The number of anilines is 3. The van der Waals surface area contributed by atoms with E-state index in [1.54, 1.807) is 6.20 Å². The molecule has 5 rings (SSSR count). The number of benzene rings is 1. The minimum atomic E-state index is 0.254. The van der Waals surface area contributed by atoms with Crippen LogP contribution in [0, 0.1) is 13.8 Å². The summed E-state index contributed by atoms with van der Waals surface area (Å²) in [4.78, 5) is 23.4. The molecular formula is C23H25N7O2. The second kappa shape index (κ2) is 8.80. The molecule has 32 heavy (non-hydrogen) atoms. The number of aromatic amines is 1. The molecule has 4 aromatic rings. The third-order valence-electron chi connectivity index (χ3n) is 5.54. The Morgan fingerprint density at radius 3 is 2.78 bits per heavy atom. The fourth-order valence-corrected chi connectivity index (χ4v) is 3.66. The first-order valence-electron chi connectivity index (χ1n) is 10.6. The Morgan fingerprint density at radius 1 is 1.09 bits per heavy atom. The number of fused-ring (bicyclic) bond motifs is 1. The summed E-state index contributed by atoms with van der Waals surface area (Å²) in [6.07, 6.45) is 1.74. The van der Waals surface area contributed by atoms with Crippen molar-refractivity contribution in [2.24, 2.45) is 0 Å². The Kier molecular flexibility index (Phi) is 5.55. The summed E-state index contributed by atoms with van der Waals surface area (Å²) in [6, 6.07) is 12.1. The molecule has 0 amide bonds. The van der Waals surface area contributed by atoms with Gasteiger partial charge in [-0.25, -0.2) is 0 Å². The second-order valence-electron chi connectivity index (χ2n) is 7.71. The van der Waals surface area contributed by atoms with E-state index < -0.39 is 0 Å². The summed E-state index contributed by atoms with van der Waals surface area (Å²) < 4.78 is 11.3. The Morgan fingerprint density at radius 2 is 1.97 bits per heavy atom. The van der Waals surface area contributed by atoms with Gasteiger partial charge in [0, 0.05) is 41.6 Å². The molecule has 0 atom stereocenters. The van der Waals surface area contributed by atoms with Crippen LogP contribution >= 0.6 is 0 Å². The van der Waals surface area contributed by atoms with Gasteiger partial charge in [-0.2, -0.15) is 15.0 Å². The lowest BCUT2D eigenvalue weighted by molar-refractivity contribution is 0.122. The molecule has 0 radical (unpaired) electrons. The molecule has 0 spiro atoms. The van der Waals surface area contributed by atoms with Gasteiger partial charge in [0.2, 0.25) is 11.9 Å². The topological polar surface area (TPSA) is 101 Å². The van der Waals surface area contributed by atoms with Crippen molar-refractivity contribution in [1.82, 2.24) is 24.9 Å². The number of aromatic nitrogens is 5. The van der Waals surface area contributed by atoms with Crippen LogP contribution in [0.1, 0.15) is 17.0 Å². The lowest BCUT2D eigenvalue weighted by Gasteiger charge is -2.27. The highest BCUT2D eigenvalue weighted by Crippen LogP contribution is 2.26. The van der Waals surface area contributed by atoms with Gasteiger partial charge in [0.1, 0.15) is 6.61 Å². The van der Waals surface area contributed by atoms with E-state index in [4.69, 9.17) is 9.47 Å². The number of H-pyrrole nitrogens is 1. The quantitative estimate of drug-likeness (QED) is 0.478. The first-order chi connectivity index (χ1) is 15.7.